The minimum absolute atomic E-state index is 0.0129. The monoisotopic (exact) mass is 309 g/mol. The summed E-state index contributed by atoms with van der Waals surface area (Å²) in [6, 6.07) is 1.34. The molecule has 2 atom stereocenters. The molecule has 3 rings (SSSR count). The van der Waals surface area contributed by atoms with Crippen molar-refractivity contribution in [2.75, 3.05) is 20.2 Å². The lowest BCUT2D eigenvalue weighted by molar-refractivity contribution is -0.177. The smallest absolute Gasteiger partial charge is 0.315 e. The van der Waals surface area contributed by atoms with Gasteiger partial charge in [-0.2, -0.15) is 0 Å². The van der Waals surface area contributed by atoms with Crippen LogP contribution in [0.1, 0.15) is 52.9 Å². The Labute approximate surface area is 134 Å². The number of methoxy groups -OCH3 is 1. The first kappa shape index (κ1) is 16.1. The number of urea groups is 1. The molecular weight excluding hydrogens is 278 g/mol. The SMILES string of the molecule is CO[C@@]1(C)C[C@H](NC(=O)NC2CCN(C3CC3)CC2)C1(C)C. The molecule has 5 heteroatoms. The van der Waals surface area contributed by atoms with Gasteiger partial charge in [-0.05, 0) is 39.0 Å². The second-order valence-electron chi connectivity index (χ2n) is 8.07. The van der Waals surface area contributed by atoms with Crippen LogP contribution in [0, 0.1) is 5.41 Å². The van der Waals surface area contributed by atoms with Crippen molar-refractivity contribution in [1.82, 2.24) is 15.5 Å². The third kappa shape index (κ3) is 2.85. The molecule has 126 valence electrons. The van der Waals surface area contributed by atoms with Gasteiger partial charge in [0, 0.05) is 43.7 Å². The van der Waals surface area contributed by atoms with Crippen LogP contribution >= 0.6 is 0 Å². The van der Waals surface area contributed by atoms with Gasteiger partial charge >= 0.3 is 6.03 Å². The molecule has 0 aromatic rings. The topological polar surface area (TPSA) is 53.6 Å². The molecule has 0 unspecified atom stereocenters. The van der Waals surface area contributed by atoms with Crippen molar-refractivity contribution in [1.29, 1.82) is 0 Å². The van der Waals surface area contributed by atoms with Gasteiger partial charge in [0.25, 0.3) is 0 Å². The summed E-state index contributed by atoms with van der Waals surface area (Å²) in [6.45, 7) is 8.72. The van der Waals surface area contributed by atoms with Crippen LogP contribution in [0.3, 0.4) is 0 Å². The first-order valence-electron chi connectivity index (χ1n) is 8.72. The van der Waals surface area contributed by atoms with Gasteiger partial charge in [-0.1, -0.05) is 13.8 Å². The van der Waals surface area contributed by atoms with Gasteiger partial charge in [0.15, 0.2) is 0 Å². The normalized spacial score (nSPS) is 35.7. The minimum atomic E-state index is -0.138. The predicted octanol–water partition coefficient (Wildman–Crippen LogP) is 2.12. The number of ether oxygens (including phenoxy) is 1. The summed E-state index contributed by atoms with van der Waals surface area (Å²) in [5, 5.41) is 6.31. The molecule has 0 radical (unpaired) electrons. The van der Waals surface area contributed by atoms with Crippen molar-refractivity contribution < 1.29 is 9.53 Å². The van der Waals surface area contributed by atoms with Crippen LogP contribution in [0.25, 0.3) is 0 Å². The second-order valence-corrected chi connectivity index (χ2v) is 8.07. The van der Waals surface area contributed by atoms with Crippen molar-refractivity contribution in [3.63, 3.8) is 0 Å². The van der Waals surface area contributed by atoms with Crippen LogP contribution in [0.5, 0.6) is 0 Å². The summed E-state index contributed by atoms with van der Waals surface area (Å²) in [4.78, 5) is 14.8. The van der Waals surface area contributed by atoms with Crippen molar-refractivity contribution >= 4 is 6.03 Å². The Hall–Kier alpha value is -0.810. The molecule has 22 heavy (non-hydrogen) atoms. The zero-order chi connectivity index (χ0) is 16.0. The molecular formula is C17H31N3O2. The number of nitrogens with zero attached hydrogens (tertiary/aromatic N) is 1. The van der Waals surface area contributed by atoms with Crippen LogP contribution in [0.4, 0.5) is 4.79 Å². The predicted molar refractivity (Wildman–Crippen MR) is 86.9 cm³/mol. The lowest BCUT2D eigenvalue weighted by Crippen LogP contribution is -2.69. The van der Waals surface area contributed by atoms with Crippen molar-refractivity contribution in [3.05, 3.63) is 0 Å². The fraction of sp³-hybridized carbons (Fsp3) is 0.941. The summed E-state index contributed by atoms with van der Waals surface area (Å²) in [5.74, 6) is 0. The Morgan fingerprint density at radius 3 is 2.23 bits per heavy atom. The van der Waals surface area contributed by atoms with E-state index in [0.29, 0.717) is 6.04 Å². The average Bonchev–Trinajstić information content (AvgIpc) is 3.32. The highest BCUT2D eigenvalue weighted by molar-refractivity contribution is 5.75. The van der Waals surface area contributed by atoms with E-state index in [2.05, 4.69) is 36.3 Å². The van der Waals surface area contributed by atoms with Gasteiger partial charge in [0.05, 0.1) is 5.60 Å². The van der Waals surface area contributed by atoms with Crippen LogP contribution < -0.4 is 10.6 Å². The number of hydrogen-bond donors (Lipinski definition) is 2. The molecule has 0 spiro atoms. The molecule has 3 aliphatic rings. The van der Waals surface area contributed by atoms with E-state index in [-0.39, 0.29) is 23.1 Å². The summed E-state index contributed by atoms with van der Waals surface area (Å²) >= 11 is 0. The fourth-order valence-corrected chi connectivity index (χ4v) is 3.96. The zero-order valence-corrected chi connectivity index (χ0v) is 14.4. The van der Waals surface area contributed by atoms with Crippen molar-refractivity contribution in [3.8, 4) is 0 Å². The Morgan fingerprint density at radius 2 is 1.73 bits per heavy atom. The van der Waals surface area contributed by atoms with E-state index in [1.54, 1.807) is 7.11 Å². The molecule has 5 nitrogen and oxygen atoms in total. The van der Waals surface area contributed by atoms with E-state index >= 15 is 0 Å². The molecule has 0 aromatic carbocycles. The Balaban J connectivity index is 1.42. The Kier molecular flexibility index (Phi) is 4.14. The highest BCUT2D eigenvalue weighted by atomic mass is 16.5. The maximum atomic E-state index is 12.3. The molecule has 2 aliphatic carbocycles. The molecule has 0 aromatic heterocycles. The summed E-state index contributed by atoms with van der Waals surface area (Å²) in [5.41, 5.74) is -0.172. The first-order valence-corrected chi connectivity index (χ1v) is 8.72. The third-order valence-corrected chi connectivity index (χ3v) is 6.51. The molecule has 1 saturated heterocycles. The molecule has 1 aliphatic heterocycles. The quantitative estimate of drug-likeness (QED) is 0.836. The number of carbonyl (C=O) groups excluding carboxylic acids is 1. The maximum Gasteiger partial charge on any atom is 0.315 e. The first-order chi connectivity index (χ1) is 10.4. The van der Waals surface area contributed by atoms with Gasteiger partial charge in [0.1, 0.15) is 0 Å². The number of rotatable bonds is 4. The summed E-state index contributed by atoms with van der Waals surface area (Å²) in [6.07, 6.45) is 5.77. The van der Waals surface area contributed by atoms with Crippen molar-refractivity contribution in [2.24, 2.45) is 5.41 Å². The van der Waals surface area contributed by atoms with Crippen molar-refractivity contribution in [2.45, 2.75) is 76.6 Å². The lowest BCUT2D eigenvalue weighted by atomic mass is 9.56. The van der Waals surface area contributed by atoms with E-state index in [1.165, 1.54) is 12.8 Å². The summed E-state index contributed by atoms with van der Waals surface area (Å²) < 4.78 is 5.61. The summed E-state index contributed by atoms with van der Waals surface area (Å²) in [7, 11) is 1.76. The highest BCUT2D eigenvalue weighted by Crippen LogP contribution is 2.51. The zero-order valence-electron chi connectivity index (χ0n) is 14.4. The number of nitrogens with one attached hydrogen (secondary N) is 2. The average molecular weight is 309 g/mol. The van der Waals surface area contributed by atoms with E-state index in [1.807, 2.05) is 0 Å². The van der Waals surface area contributed by atoms with E-state index < -0.39 is 0 Å². The van der Waals surface area contributed by atoms with Gasteiger partial charge in [-0.25, -0.2) is 4.79 Å². The standard InChI is InChI=1S/C17H31N3O2/c1-16(2)14(11-17(16,3)22-4)19-15(21)18-12-7-9-20(10-8-12)13-5-6-13/h12-14H,5-11H2,1-4H3,(H2,18,19,21)/t14-,17-/m0/s1. The number of piperidine rings is 1. The molecule has 2 saturated carbocycles. The largest absolute Gasteiger partial charge is 0.378 e. The van der Waals surface area contributed by atoms with Crippen LogP contribution in [0.15, 0.2) is 0 Å². The van der Waals surface area contributed by atoms with Crippen LogP contribution in [-0.4, -0.2) is 54.9 Å². The van der Waals surface area contributed by atoms with Gasteiger partial charge < -0.3 is 20.3 Å². The lowest BCUT2D eigenvalue weighted by Gasteiger charge is -2.59. The molecule has 3 fully saturated rings. The number of likely N-dealkylation sites (tertiary alicyclic amines) is 1. The van der Waals surface area contributed by atoms with Gasteiger partial charge in [-0.3, -0.25) is 0 Å². The highest BCUT2D eigenvalue weighted by Gasteiger charge is 2.58. The van der Waals surface area contributed by atoms with Gasteiger partial charge in [0.2, 0.25) is 0 Å². The van der Waals surface area contributed by atoms with E-state index in [0.717, 1.165) is 38.4 Å². The number of hydrogen-bond acceptors (Lipinski definition) is 3. The minimum Gasteiger partial charge on any atom is -0.378 e. The molecule has 2 amide bonds. The number of amides is 2. The molecule has 2 N–H and O–H groups in total. The molecule has 1 heterocycles. The Morgan fingerprint density at radius 1 is 1.09 bits per heavy atom. The van der Waals surface area contributed by atoms with Crippen LogP contribution in [-0.2, 0) is 4.74 Å². The third-order valence-electron chi connectivity index (χ3n) is 6.51. The van der Waals surface area contributed by atoms with Crippen LogP contribution in [0.2, 0.25) is 0 Å². The molecule has 0 bridgehead atoms. The van der Waals surface area contributed by atoms with E-state index in [9.17, 15) is 4.79 Å². The van der Waals surface area contributed by atoms with Gasteiger partial charge in [-0.15, -0.1) is 0 Å². The second kappa shape index (κ2) is 5.68. The van der Waals surface area contributed by atoms with E-state index in [4.69, 9.17) is 4.74 Å². The fourth-order valence-electron chi connectivity index (χ4n) is 3.96. The maximum absolute atomic E-state index is 12.3. The number of carbonyl (C=O) groups is 1. The Bertz CT molecular complexity index is 428.